The molecule has 0 aromatic heterocycles. The van der Waals surface area contributed by atoms with Gasteiger partial charge in [-0.15, -0.1) is 0 Å². The van der Waals surface area contributed by atoms with Crippen LogP contribution in [-0.2, 0) is 6.54 Å². The summed E-state index contributed by atoms with van der Waals surface area (Å²) in [4.78, 5) is 2.42. The molecular formula is C17H27ClN2. The molecule has 1 heterocycles. The van der Waals surface area contributed by atoms with Crippen molar-refractivity contribution in [1.82, 2.24) is 10.2 Å². The Labute approximate surface area is 128 Å². The molecule has 1 aromatic rings. The zero-order valence-electron chi connectivity index (χ0n) is 13.0. The van der Waals surface area contributed by atoms with Gasteiger partial charge in [0.2, 0.25) is 0 Å². The lowest BCUT2D eigenvalue weighted by Gasteiger charge is -2.40. The fourth-order valence-electron chi connectivity index (χ4n) is 3.35. The number of hydrogen-bond acceptors (Lipinski definition) is 2. The third-order valence-electron chi connectivity index (χ3n) is 4.42. The predicted molar refractivity (Wildman–Crippen MR) is 87.2 cm³/mol. The second kappa shape index (κ2) is 6.93. The summed E-state index contributed by atoms with van der Waals surface area (Å²) in [6.45, 7) is 9.23. The summed E-state index contributed by atoms with van der Waals surface area (Å²) in [5.41, 5.74) is 1.64. The van der Waals surface area contributed by atoms with Crippen molar-refractivity contribution in [3.63, 3.8) is 0 Å². The molecule has 20 heavy (non-hydrogen) atoms. The molecule has 0 aliphatic carbocycles. The molecule has 1 atom stereocenters. The maximum absolute atomic E-state index is 6.06. The standard InChI is InChI=1S/C17H27ClN2/c1-17(2,15-7-5-9-19-11-15)13-20(3)12-14-6-4-8-16(18)10-14/h4,6,8,10,15,19H,5,7,9,11-13H2,1-3H3. The van der Waals surface area contributed by atoms with Crippen LogP contribution in [0.4, 0.5) is 0 Å². The Morgan fingerprint density at radius 3 is 2.85 bits per heavy atom. The molecule has 1 fully saturated rings. The Morgan fingerprint density at radius 2 is 2.20 bits per heavy atom. The van der Waals surface area contributed by atoms with Crippen molar-refractivity contribution in [1.29, 1.82) is 0 Å². The lowest BCUT2D eigenvalue weighted by molar-refractivity contribution is 0.111. The van der Waals surface area contributed by atoms with Crippen molar-refractivity contribution in [2.45, 2.75) is 33.2 Å². The molecule has 2 rings (SSSR count). The highest BCUT2D eigenvalue weighted by atomic mass is 35.5. The highest BCUT2D eigenvalue weighted by molar-refractivity contribution is 6.30. The molecule has 112 valence electrons. The topological polar surface area (TPSA) is 15.3 Å². The molecule has 3 heteroatoms. The molecular weight excluding hydrogens is 268 g/mol. The number of rotatable bonds is 5. The zero-order valence-corrected chi connectivity index (χ0v) is 13.7. The van der Waals surface area contributed by atoms with Crippen LogP contribution in [0.3, 0.4) is 0 Å². The monoisotopic (exact) mass is 294 g/mol. The van der Waals surface area contributed by atoms with E-state index in [-0.39, 0.29) is 0 Å². The van der Waals surface area contributed by atoms with Gasteiger partial charge >= 0.3 is 0 Å². The van der Waals surface area contributed by atoms with E-state index in [9.17, 15) is 0 Å². The number of benzene rings is 1. The molecule has 0 saturated carbocycles. The molecule has 2 nitrogen and oxygen atoms in total. The van der Waals surface area contributed by atoms with E-state index in [4.69, 9.17) is 11.6 Å². The van der Waals surface area contributed by atoms with Crippen molar-refractivity contribution < 1.29 is 0 Å². The quantitative estimate of drug-likeness (QED) is 0.889. The summed E-state index contributed by atoms with van der Waals surface area (Å²) >= 11 is 6.06. The second-order valence-electron chi connectivity index (χ2n) is 6.83. The number of hydrogen-bond donors (Lipinski definition) is 1. The summed E-state index contributed by atoms with van der Waals surface area (Å²) in [6, 6.07) is 8.18. The van der Waals surface area contributed by atoms with Crippen molar-refractivity contribution in [2.24, 2.45) is 11.3 Å². The van der Waals surface area contributed by atoms with Crippen molar-refractivity contribution >= 4 is 11.6 Å². The Bertz CT molecular complexity index is 425. The van der Waals surface area contributed by atoms with Gasteiger partial charge in [-0.25, -0.2) is 0 Å². The minimum atomic E-state index is 0.348. The van der Waals surface area contributed by atoms with Crippen LogP contribution in [0.5, 0.6) is 0 Å². The highest BCUT2D eigenvalue weighted by Gasteiger charge is 2.31. The maximum Gasteiger partial charge on any atom is 0.0409 e. The van der Waals surface area contributed by atoms with Gasteiger partial charge in [-0.05, 0) is 62.0 Å². The van der Waals surface area contributed by atoms with Gasteiger partial charge in [0.1, 0.15) is 0 Å². The first kappa shape index (κ1) is 15.8. The summed E-state index contributed by atoms with van der Waals surface area (Å²) in [5, 5.41) is 4.36. The highest BCUT2D eigenvalue weighted by Crippen LogP contribution is 2.32. The van der Waals surface area contributed by atoms with E-state index in [1.165, 1.54) is 24.9 Å². The Morgan fingerprint density at radius 1 is 1.40 bits per heavy atom. The predicted octanol–water partition coefficient (Wildman–Crippen LogP) is 3.80. The summed E-state index contributed by atoms with van der Waals surface area (Å²) in [5.74, 6) is 0.776. The third kappa shape index (κ3) is 4.47. The normalized spacial score (nSPS) is 20.4. The first-order chi connectivity index (χ1) is 9.47. The van der Waals surface area contributed by atoms with Crippen LogP contribution in [0, 0.1) is 11.3 Å². The minimum Gasteiger partial charge on any atom is -0.316 e. The van der Waals surface area contributed by atoms with Crippen LogP contribution in [0.2, 0.25) is 5.02 Å². The van der Waals surface area contributed by atoms with Gasteiger partial charge in [-0.1, -0.05) is 37.6 Å². The van der Waals surface area contributed by atoms with E-state index >= 15 is 0 Å². The summed E-state index contributed by atoms with van der Waals surface area (Å²) < 4.78 is 0. The van der Waals surface area contributed by atoms with E-state index < -0.39 is 0 Å². The van der Waals surface area contributed by atoms with E-state index in [1.807, 2.05) is 12.1 Å². The lowest BCUT2D eigenvalue weighted by Crippen LogP contribution is -2.43. The van der Waals surface area contributed by atoms with Crippen LogP contribution < -0.4 is 5.32 Å². The summed E-state index contributed by atoms with van der Waals surface area (Å²) in [7, 11) is 2.21. The molecule has 1 unspecified atom stereocenters. The molecule has 0 bridgehead atoms. The number of halogens is 1. The molecule has 1 aliphatic rings. The molecule has 1 saturated heterocycles. The van der Waals surface area contributed by atoms with E-state index in [2.05, 4.69) is 43.2 Å². The Balaban J connectivity index is 1.90. The molecule has 1 N–H and O–H groups in total. The molecule has 0 amide bonds. The fraction of sp³-hybridized carbons (Fsp3) is 0.647. The van der Waals surface area contributed by atoms with Gasteiger partial charge in [-0.3, -0.25) is 0 Å². The molecule has 0 spiro atoms. The number of nitrogens with zero attached hydrogens (tertiary/aromatic N) is 1. The van der Waals surface area contributed by atoms with Crippen molar-refractivity contribution in [3.05, 3.63) is 34.9 Å². The van der Waals surface area contributed by atoms with Gasteiger partial charge in [0.25, 0.3) is 0 Å². The van der Waals surface area contributed by atoms with Crippen molar-refractivity contribution in [3.8, 4) is 0 Å². The minimum absolute atomic E-state index is 0.348. The third-order valence-corrected chi connectivity index (χ3v) is 4.66. The van der Waals surface area contributed by atoms with Crippen molar-refractivity contribution in [2.75, 3.05) is 26.7 Å². The average molecular weight is 295 g/mol. The lowest BCUT2D eigenvalue weighted by atomic mass is 9.74. The van der Waals surface area contributed by atoms with Gasteiger partial charge < -0.3 is 10.2 Å². The van der Waals surface area contributed by atoms with Crippen LogP contribution >= 0.6 is 11.6 Å². The van der Waals surface area contributed by atoms with Gasteiger partial charge in [0.15, 0.2) is 0 Å². The van der Waals surface area contributed by atoms with E-state index in [0.29, 0.717) is 5.41 Å². The number of nitrogens with one attached hydrogen (secondary N) is 1. The van der Waals surface area contributed by atoms with Crippen LogP contribution in [0.15, 0.2) is 24.3 Å². The first-order valence-electron chi connectivity index (χ1n) is 7.61. The van der Waals surface area contributed by atoms with E-state index in [1.54, 1.807) is 0 Å². The summed E-state index contributed by atoms with van der Waals surface area (Å²) in [6.07, 6.45) is 2.66. The fourth-order valence-corrected chi connectivity index (χ4v) is 3.56. The SMILES string of the molecule is CN(Cc1cccc(Cl)c1)CC(C)(C)C1CCCNC1. The maximum atomic E-state index is 6.06. The zero-order chi connectivity index (χ0) is 14.6. The molecule has 1 aromatic carbocycles. The van der Waals surface area contributed by atoms with Gasteiger partial charge in [-0.2, -0.15) is 0 Å². The van der Waals surface area contributed by atoms with Gasteiger partial charge in [0.05, 0.1) is 0 Å². The average Bonchev–Trinajstić information content (AvgIpc) is 2.39. The first-order valence-corrected chi connectivity index (χ1v) is 7.99. The molecule has 1 aliphatic heterocycles. The van der Waals surface area contributed by atoms with Crippen LogP contribution in [0.1, 0.15) is 32.3 Å². The van der Waals surface area contributed by atoms with Gasteiger partial charge in [0, 0.05) is 18.1 Å². The van der Waals surface area contributed by atoms with Crippen LogP contribution in [0.25, 0.3) is 0 Å². The van der Waals surface area contributed by atoms with Crippen LogP contribution in [-0.4, -0.2) is 31.6 Å². The second-order valence-corrected chi connectivity index (χ2v) is 7.27. The Kier molecular flexibility index (Phi) is 5.48. The smallest absolute Gasteiger partial charge is 0.0409 e. The largest absolute Gasteiger partial charge is 0.316 e. The molecule has 0 radical (unpaired) electrons. The van der Waals surface area contributed by atoms with E-state index in [0.717, 1.165) is 30.6 Å². The Hall–Kier alpha value is -0.570. The number of piperidine rings is 1.